The van der Waals surface area contributed by atoms with Crippen LogP contribution in [-0.4, -0.2) is 6.29 Å². The standard InChI is InChI=1S/C17H15FO.C5H12/c1-3-14(16-6-4-5-7-17(16)18)15-9-8-13(11-19)10-12(15)2;1-4-5(2)3/h3-11H,1-2H3;5H,4H2,1-3H3/b14-3+;. The van der Waals surface area contributed by atoms with Crippen LogP contribution in [0.2, 0.25) is 0 Å². The van der Waals surface area contributed by atoms with E-state index in [-0.39, 0.29) is 5.82 Å². The molecular formula is C22H27FO. The number of hydrogen-bond acceptors (Lipinski definition) is 1. The van der Waals surface area contributed by atoms with E-state index in [0.29, 0.717) is 11.1 Å². The molecule has 2 aromatic carbocycles. The number of benzene rings is 2. The second kappa shape index (κ2) is 9.82. The molecule has 0 fully saturated rings. The van der Waals surface area contributed by atoms with Gasteiger partial charge in [0, 0.05) is 11.1 Å². The second-order valence-electron chi connectivity index (χ2n) is 6.18. The minimum Gasteiger partial charge on any atom is -0.298 e. The number of hydrogen-bond donors (Lipinski definition) is 0. The monoisotopic (exact) mass is 326 g/mol. The summed E-state index contributed by atoms with van der Waals surface area (Å²) in [4.78, 5) is 10.8. The molecular weight excluding hydrogens is 299 g/mol. The molecule has 0 spiro atoms. The normalized spacial score (nSPS) is 11.0. The number of allylic oxidation sites excluding steroid dienone is 1. The average Bonchev–Trinajstić information content (AvgIpc) is 2.58. The van der Waals surface area contributed by atoms with Crippen LogP contribution in [-0.2, 0) is 0 Å². The zero-order chi connectivity index (χ0) is 18.1. The molecule has 0 aliphatic rings. The molecule has 0 aromatic heterocycles. The molecule has 0 saturated heterocycles. The molecule has 0 atom stereocenters. The van der Waals surface area contributed by atoms with E-state index in [1.54, 1.807) is 18.2 Å². The zero-order valence-electron chi connectivity index (χ0n) is 15.3. The minimum absolute atomic E-state index is 0.241. The van der Waals surface area contributed by atoms with Crippen molar-refractivity contribution in [2.75, 3.05) is 0 Å². The van der Waals surface area contributed by atoms with Crippen LogP contribution in [0.15, 0.2) is 48.5 Å². The Balaban J connectivity index is 0.000000505. The number of halogens is 1. The van der Waals surface area contributed by atoms with Crippen molar-refractivity contribution in [1.29, 1.82) is 0 Å². The fourth-order valence-corrected chi connectivity index (χ4v) is 2.20. The van der Waals surface area contributed by atoms with Gasteiger partial charge in [0.2, 0.25) is 0 Å². The Labute approximate surface area is 145 Å². The third kappa shape index (κ3) is 5.45. The molecule has 0 radical (unpaired) electrons. The van der Waals surface area contributed by atoms with Gasteiger partial charge in [-0.3, -0.25) is 4.79 Å². The molecule has 0 amide bonds. The van der Waals surface area contributed by atoms with Gasteiger partial charge in [-0.1, -0.05) is 63.6 Å². The van der Waals surface area contributed by atoms with Gasteiger partial charge in [-0.05, 0) is 48.6 Å². The lowest BCUT2D eigenvalue weighted by molar-refractivity contribution is 0.112. The van der Waals surface area contributed by atoms with E-state index in [1.165, 1.54) is 12.5 Å². The zero-order valence-corrected chi connectivity index (χ0v) is 15.3. The molecule has 0 N–H and O–H groups in total. The largest absolute Gasteiger partial charge is 0.298 e. The Morgan fingerprint density at radius 3 is 2.21 bits per heavy atom. The number of aryl methyl sites for hydroxylation is 1. The number of aldehydes is 1. The van der Waals surface area contributed by atoms with Gasteiger partial charge in [0.05, 0.1) is 0 Å². The lowest BCUT2D eigenvalue weighted by atomic mass is 9.93. The molecule has 128 valence electrons. The summed E-state index contributed by atoms with van der Waals surface area (Å²) in [5.74, 6) is 0.643. The summed E-state index contributed by atoms with van der Waals surface area (Å²) >= 11 is 0. The van der Waals surface area contributed by atoms with Gasteiger partial charge in [0.15, 0.2) is 0 Å². The summed E-state index contributed by atoms with van der Waals surface area (Å²) in [5, 5.41) is 0. The number of carbonyl (C=O) groups excluding carboxylic acids is 1. The predicted molar refractivity (Wildman–Crippen MR) is 101 cm³/mol. The van der Waals surface area contributed by atoms with E-state index in [4.69, 9.17) is 0 Å². The molecule has 2 aromatic rings. The van der Waals surface area contributed by atoms with Crippen molar-refractivity contribution in [1.82, 2.24) is 0 Å². The van der Waals surface area contributed by atoms with Gasteiger partial charge in [-0.15, -0.1) is 0 Å². The summed E-state index contributed by atoms with van der Waals surface area (Å²) < 4.78 is 13.9. The lowest BCUT2D eigenvalue weighted by Gasteiger charge is -2.12. The van der Waals surface area contributed by atoms with E-state index in [0.717, 1.165) is 28.9 Å². The van der Waals surface area contributed by atoms with Crippen molar-refractivity contribution in [3.8, 4) is 0 Å². The third-order valence-electron chi connectivity index (χ3n) is 3.95. The van der Waals surface area contributed by atoms with Crippen molar-refractivity contribution in [3.05, 3.63) is 76.6 Å². The maximum absolute atomic E-state index is 13.9. The van der Waals surface area contributed by atoms with Crippen LogP contribution in [0.1, 0.15) is 61.2 Å². The lowest BCUT2D eigenvalue weighted by Crippen LogP contribution is -1.95. The molecule has 0 aliphatic heterocycles. The van der Waals surface area contributed by atoms with Gasteiger partial charge in [-0.2, -0.15) is 0 Å². The van der Waals surface area contributed by atoms with Crippen LogP contribution in [0.4, 0.5) is 4.39 Å². The Bertz CT molecular complexity index is 699. The first-order valence-electron chi connectivity index (χ1n) is 8.41. The van der Waals surface area contributed by atoms with Gasteiger partial charge in [-0.25, -0.2) is 4.39 Å². The van der Waals surface area contributed by atoms with Crippen LogP contribution in [0.5, 0.6) is 0 Å². The Morgan fingerprint density at radius 2 is 1.75 bits per heavy atom. The first-order valence-corrected chi connectivity index (χ1v) is 8.41. The van der Waals surface area contributed by atoms with E-state index in [2.05, 4.69) is 20.8 Å². The molecule has 0 saturated carbocycles. The number of rotatable bonds is 4. The van der Waals surface area contributed by atoms with Crippen molar-refractivity contribution >= 4 is 11.9 Å². The van der Waals surface area contributed by atoms with Crippen LogP contribution in [0.25, 0.3) is 5.57 Å². The summed E-state index contributed by atoms with van der Waals surface area (Å²) in [6.45, 7) is 10.5. The summed E-state index contributed by atoms with van der Waals surface area (Å²) in [6, 6.07) is 12.1. The van der Waals surface area contributed by atoms with Gasteiger partial charge >= 0.3 is 0 Å². The average molecular weight is 326 g/mol. The van der Waals surface area contributed by atoms with E-state index < -0.39 is 0 Å². The Hall–Kier alpha value is -2.22. The van der Waals surface area contributed by atoms with Gasteiger partial charge in [0.25, 0.3) is 0 Å². The SMILES string of the molecule is C/C=C(\c1ccc(C=O)cc1C)c1ccccc1F.CCC(C)C. The second-order valence-corrected chi connectivity index (χ2v) is 6.18. The highest BCUT2D eigenvalue weighted by Crippen LogP contribution is 2.28. The topological polar surface area (TPSA) is 17.1 Å². The molecule has 0 bridgehead atoms. The first kappa shape index (κ1) is 19.8. The van der Waals surface area contributed by atoms with E-state index in [9.17, 15) is 9.18 Å². The highest BCUT2D eigenvalue weighted by atomic mass is 19.1. The highest BCUT2D eigenvalue weighted by Gasteiger charge is 2.11. The van der Waals surface area contributed by atoms with E-state index in [1.807, 2.05) is 38.1 Å². The molecule has 2 heteroatoms. The smallest absolute Gasteiger partial charge is 0.150 e. The van der Waals surface area contributed by atoms with Crippen LogP contribution < -0.4 is 0 Å². The van der Waals surface area contributed by atoms with Crippen molar-refractivity contribution in [3.63, 3.8) is 0 Å². The molecule has 0 aliphatic carbocycles. The summed E-state index contributed by atoms with van der Waals surface area (Å²) in [5.41, 5.74) is 3.95. The molecule has 2 rings (SSSR count). The van der Waals surface area contributed by atoms with Crippen LogP contribution >= 0.6 is 0 Å². The maximum atomic E-state index is 13.9. The van der Waals surface area contributed by atoms with E-state index >= 15 is 0 Å². The van der Waals surface area contributed by atoms with Crippen LogP contribution in [0, 0.1) is 18.7 Å². The molecule has 0 heterocycles. The first-order chi connectivity index (χ1) is 11.4. The highest BCUT2D eigenvalue weighted by molar-refractivity contribution is 5.83. The summed E-state index contributed by atoms with van der Waals surface area (Å²) in [7, 11) is 0. The van der Waals surface area contributed by atoms with Crippen LogP contribution in [0.3, 0.4) is 0 Å². The van der Waals surface area contributed by atoms with Crippen molar-refractivity contribution in [2.45, 2.75) is 41.0 Å². The molecule has 0 unspecified atom stereocenters. The quantitative estimate of drug-likeness (QED) is 0.590. The fraction of sp³-hybridized carbons (Fsp3) is 0.318. The van der Waals surface area contributed by atoms with Gasteiger partial charge < -0.3 is 0 Å². The number of carbonyl (C=O) groups is 1. The molecule has 24 heavy (non-hydrogen) atoms. The van der Waals surface area contributed by atoms with Crippen molar-refractivity contribution < 1.29 is 9.18 Å². The Kier molecular flexibility index (Phi) is 8.11. The Morgan fingerprint density at radius 1 is 1.12 bits per heavy atom. The maximum Gasteiger partial charge on any atom is 0.150 e. The minimum atomic E-state index is -0.241. The predicted octanol–water partition coefficient (Wildman–Crippen LogP) is 6.45. The van der Waals surface area contributed by atoms with Gasteiger partial charge in [0.1, 0.15) is 12.1 Å². The van der Waals surface area contributed by atoms with Crippen molar-refractivity contribution in [2.24, 2.45) is 5.92 Å². The fourth-order valence-electron chi connectivity index (χ4n) is 2.20. The molecule has 1 nitrogen and oxygen atoms in total. The summed E-state index contributed by atoms with van der Waals surface area (Å²) in [6.07, 6.45) is 4.01. The third-order valence-corrected chi connectivity index (χ3v) is 3.95.